The summed E-state index contributed by atoms with van der Waals surface area (Å²) in [6, 6.07) is 0. The molecule has 1 saturated carbocycles. The number of hydrogen-bond donors (Lipinski definition) is 1. The second-order valence-electron chi connectivity index (χ2n) is 5.12. The summed E-state index contributed by atoms with van der Waals surface area (Å²) in [6.45, 7) is 5.47. The fourth-order valence-corrected chi connectivity index (χ4v) is 3.54. The summed E-state index contributed by atoms with van der Waals surface area (Å²) in [5.74, 6) is 0.573. The Morgan fingerprint density at radius 2 is 1.94 bits per heavy atom. The summed E-state index contributed by atoms with van der Waals surface area (Å²) in [6.07, 6.45) is 1.47. The molecule has 0 bridgehead atoms. The first-order chi connectivity index (χ1) is 6.64. The van der Waals surface area contributed by atoms with Gasteiger partial charge >= 0.3 is 29.6 Å². The topological polar surface area (TPSA) is 77.4 Å². The molecule has 0 aromatic heterocycles. The van der Waals surface area contributed by atoms with E-state index in [0.717, 1.165) is 6.42 Å². The zero-order valence-corrected chi connectivity index (χ0v) is 13.3. The molecule has 0 amide bonds. The average molecular weight is 258 g/mol. The summed E-state index contributed by atoms with van der Waals surface area (Å²) in [7, 11) is -4.40. The van der Waals surface area contributed by atoms with Crippen LogP contribution >= 0.6 is 0 Å². The van der Waals surface area contributed by atoms with Gasteiger partial charge in [-0.2, -0.15) is 0 Å². The van der Waals surface area contributed by atoms with Gasteiger partial charge in [-0.15, -0.1) is 0 Å². The SMILES string of the molecule is CC(C)[C@@H]1CC[C@](C)(O)C(S(=O)(=O)[O-])C1.[Na+]. The third-order valence-corrected chi connectivity index (χ3v) is 4.92. The molecule has 90 valence electrons. The van der Waals surface area contributed by atoms with E-state index in [1.165, 1.54) is 6.92 Å². The van der Waals surface area contributed by atoms with E-state index in [1.807, 2.05) is 13.8 Å². The van der Waals surface area contributed by atoms with Crippen molar-refractivity contribution in [3.63, 3.8) is 0 Å². The third-order valence-electron chi connectivity index (χ3n) is 3.52. The van der Waals surface area contributed by atoms with Crippen LogP contribution in [-0.2, 0) is 10.1 Å². The van der Waals surface area contributed by atoms with Crippen molar-refractivity contribution >= 4 is 10.1 Å². The molecule has 0 spiro atoms. The van der Waals surface area contributed by atoms with Crippen molar-refractivity contribution in [1.82, 2.24) is 0 Å². The van der Waals surface area contributed by atoms with Crippen molar-refractivity contribution < 1.29 is 47.6 Å². The van der Waals surface area contributed by atoms with Crippen LogP contribution in [0, 0.1) is 11.8 Å². The van der Waals surface area contributed by atoms with E-state index in [0.29, 0.717) is 12.3 Å². The van der Waals surface area contributed by atoms with Gasteiger partial charge in [0.05, 0.1) is 10.9 Å². The monoisotopic (exact) mass is 258 g/mol. The molecular weight excluding hydrogens is 239 g/mol. The van der Waals surface area contributed by atoms with Crippen LogP contribution in [0.3, 0.4) is 0 Å². The molecule has 1 rings (SSSR count). The molecule has 1 N–H and O–H groups in total. The van der Waals surface area contributed by atoms with Crippen LogP contribution in [-0.4, -0.2) is 28.9 Å². The van der Waals surface area contributed by atoms with Gasteiger partial charge < -0.3 is 9.66 Å². The molecule has 16 heavy (non-hydrogen) atoms. The van der Waals surface area contributed by atoms with Crippen molar-refractivity contribution in [3.05, 3.63) is 0 Å². The Bertz CT molecular complexity index is 324. The van der Waals surface area contributed by atoms with Gasteiger partial charge in [0.25, 0.3) is 0 Å². The molecular formula is C10H19NaO4S. The van der Waals surface area contributed by atoms with Crippen LogP contribution in [0.2, 0.25) is 0 Å². The van der Waals surface area contributed by atoms with Crippen LogP contribution in [0.1, 0.15) is 40.0 Å². The van der Waals surface area contributed by atoms with Gasteiger partial charge in [-0.3, -0.25) is 0 Å². The zero-order chi connectivity index (χ0) is 11.9. The summed E-state index contributed by atoms with van der Waals surface area (Å²) in [5.41, 5.74) is -1.36. The van der Waals surface area contributed by atoms with Crippen LogP contribution in [0.5, 0.6) is 0 Å². The minimum atomic E-state index is -4.40. The van der Waals surface area contributed by atoms with Crippen molar-refractivity contribution in [2.45, 2.75) is 50.9 Å². The maximum Gasteiger partial charge on any atom is 1.00 e. The van der Waals surface area contributed by atoms with Gasteiger partial charge in [-0.05, 0) is 38.0 Å². The van der Waals surface area contributed by atoms with E-state index < -0.39 is 21.0 Å². The fraction of sp³-hybridized carbons (Fsp3) is 1.00. The Balaban J connectivity index is 0.00000225. The molecule has 0 aromatic rings. The maximum atomic E-state index is 11.1. The normalized spacial score (nSPS) is 35.9. The van der Waals surface area contributed by atoms with Crippen LogP contribution in [0.25, 0.3) is 0 Å². The molecule has 1 unspecified atom stereocenters. The Morgan fingerprint density at radius 1 is 1.44 bits per heavy atom. The van der Waals surface area contributed by atoms with Crippen LogP contribution < -0.4 is 29.6 Å². The second kappa shape index (κ2) is 5.67. The molecule has 1 aliphatic rings. The van der Waals surface area contributed by atoms with E-state index in [4.69, 9.17) is 0 Å². The Labute approximate surface area is 120 Å². The predicted octanol–water partition coefficient (Wildman–Crippen LogP) is -1.89. The standard InChI is InChI=1S/C10H20O4S.Na/c1-7(2)8-4-5-10(3,11)9(6-8)15(12,13)14;/h7-9,11H,4-6H2,1-3H3,(H,12,13,14);/q;+1/p-1/t8-,9?,10+;/m1./s1. The second-order valence-corrected chi connectivity index (χ2v) is 6.67. The van der Waals surface area contributed by atoms with Crippen LogP contribution in [0.15, 0.2) is 0 Å². The maximum absolute atomic E-state index is 11.1. The van der Waals surface area contributed by atoms with E-state index in [-0.39, 0.29) is 41.9 Å². The van der Waals surface area contributed by atoms with E-state index in [1.54, 1.807) is 0 Å². The van der Waals surface area contributed by atoms with Crippen molar-refractivity contribution in [1.29, 1.82) is 0 Å². The summed E-state index contributed by atoms with van der Waals surface area (Å²) >= 11 is 0. The molecule has 0 radical (unpaired) electrons. The average Bonchev–Trinajstić information content (AvgIpc) is 2.00. The predicted molar refractivity (Wildman–Crippen MR) is 56.3 cm³/mol. The van der Waals surface area contributed by atoms with E-state index in [9.17, 15) is 18.1 Å². The van der Waals surface area contributed by atoms with Gasteiger partial charge in [0.15, 0.2) is 0 Å². The summed E-state index contributed by atoms with van der Waals surface area (Å²) < 4.78 is 33.2. The first kappa shape index (κ1) is 16.9. The first-order valence-electron chi connectivity index (χ1n) is 5.31. The van der Waals surface area contributed by atoms with Crippen molar-refractivity contribution in [3.8, 4) is 0 Å². The minimum Gasteiger partial charge on any atom is -0.748 e. The molecule has 1 fully saturated rings. The molecule has 0 aromatic carbocycles. The fourth-order valence-electron chi connectivity index (χ4n) is 2.32. The number of rotatable bonds is 2. The molecule has 0 saturated heterocycles. The Morgan fingerprint density at radius 3 is 2.31 bits per heavy atom. The Kier molecular flexibility index (Phi) is 5.98. The smallest absolute Gasteiger partial charge is 0.748 e. The zero-order valence-electron chi connectivity index (χ0n) is 10.4. The summed E-state index contributed by atoms with van der Waals surface area (Å²) in [4.78, 5) is 0. The molecule has 1 aliphatic carbocycles. The van der Waals surface area contributed by atoms with Gasteiger partial charge in [0.2, 0.25) is 0 Å². The van der Waals surface area contributed by atoms with Crippen LogP contribution in [0.4, 0.5) is 0 Å². The van der Waals surface area contributed by atoms with Gasteiger partial charge in [0.1, 0.15) is 10.1 Å². The molecule has 6 heteroatoms. The first-order valence-corrected chi connectivity index (χ1v) is 6.79. The van der Waals surface area contributed by atoms with E-state index >= 15 is 0 Å². The van der Waals surface area contributed by atoms with Crippen molar-refractivity contribution in [2.75, 3.05) is 0 Å². The molecule has 0 aliphatic heterocycles. The largest absolute Gasteiger partial charge is 1.00 e. The van der Waals surface area contributed by atoms with Gasteiger partial charge in [-0.1, -0.05) is 13.8 Å². The third kappa shape index (κ3) is 3.96. The molecule has 4 nitrogen and oxygen atoms in total. The number of hydrogen-bond acceptors (Lipinski definition) is 4. The summed E-state index contributed by atoms with van der Waals surface area (Å²) in [5, 5.41) is 8.74. The molecule has 0 heterocycles. The Hall–Kier alpha value is 0.870. The molecule has 3 atom stereocenters. The minimum absolute atomic E-state index is 0. The number of aliphatic hydroxyl groups is 1. The van der Waals surface area contributed by atoms with Gasteiger partial charge in [-0.25, -0.2) is 8.42 Å². The van der Waals surface area contributed by atoms with E-state index in [2.05, 4.69) is 0 Å². The quantitative estimate of drug-likeness (QED) is 0.464. The van der Waals surface area contributed by atoms with Crippen molar-refractivity contribution in [2.24, 2.45) is 11.8 Å². The van der Waals surface area contributed by atoms with Gasteiger partial charge in [0, 0.05) is 0 Å².